The molecule has 0 saturated carbocycles. The molecule has 166 valence electrons. The topological polar surface area (TPSA) is 85.9 Å². The highest BCUT2D eigenvalue weighted by atomic mass is 16.5. The summed E-state index contributed by atoms with van der Waals surface area (Å²) in [4.78, 5) is 33.9. The quantitative estimate of drug-likeness (QED) is 0.648. The third kappa shape index (κ3) is 2.84. The molecule has 1 aromatic heterocycles. The Morgan fingerprint density at radius 1 is 1.16 bits per heavy atom. The van der Waals surface area contributed by atoms with Crippen molar-refractivity contribution in [2.24, 2.45) is 0 Å². The number of methoxy groups -OCH3 is 1. The first kappa shape index (κ1) is 20.6. The lowest BCUT2D eigenvalue weighted by Crippen LogP contribution is -2.67. The molecule has 2 amide bonds. The molecule has 2 aromatic carbocycles. The lowest BCUT2D eigenvalue weighted by molar-refractivity contribution is -0.166. The number of carbonyl (C=O) groups is 2. The molecule has 7 nitrogen and oxygen atoms in total. The Bertz CT molecular complexity index is 1200. The smallest absolute Gasteiger partial charge is 0.254 e. The predicted molar refractivity (Wildman–Crippen MR) is 120 cm³/mol. The van der Waals surface area contributed by atoms with Crippen LogP contribution in [0.1, 0.15) is 36.1 Å². The Morgan fingerprint density at radius 3 is 2.69 bits per heavy atom. The number of benzene rings is 2. The second-order valence-electron chi connectivity index (χ2n) is 8.63. The molecule has 2 N–H and O–H groups in total. The van der Waals surface area contributed by atoms with Crippen LogP contribution in [0.5, 0.6) is 5.75 Å². The summed E-state index contributed by atoms with van der Waals surface area (Å²) >= 11 is 0. The highest BCUT2D eigenvalue weighted by Gasteiger charge is 2.56. The van der Waals surface area contributed by atoms with Gasteiger partial charge in [-0.2, -0.15) is 0 Å². The molecule has 1 fully saturated rings. The summed E-state index contributed by atoms with van der Waals surface area (Å²) in [5, 5.41) is 10.3. The van der Waals surface area contributed by atoms with Gasteiger partial charge >= 0.3 is 0 Å². The summed E-state index contributed by atoms with van der Waals surface area (Å²) in [5.74, 6) is 0.426. The third-order valence-electron chi connectivity index (χ3n) is 6.92. The zero-order valence-corrected chi connectivity index (χ0v) is 18.3. The average molecular weight is 434 g/mol. The van der Waals surface area contributed by atoms with E-state index in [-0.39, 0.29) is 30.9 Å². The number of nitrogens with zero attached hydrogens (tertiary/aromatic N) is 2. The van der Waals surface area contributed by atoms with Crippen LogP contribution in [-0.2, 0) is 15.1 Å². The molecule has 1 saturated heterocycles. The number of fused-ring (bicyclic) bond motifs is 5. The number of piperazine rings is 1. The minimum absolute atomic E-state index is 0.0219. The van der Waals surface area contributed by atoms with Crippen molar-refractivity contribution in [1.82, 2.24) is 14.8 Å². The zero-order chi connectivity index (χ0) is 22.5. The second-order valence-corrected chi connectivity index (χ2v) is 8.63. The maximum atomic E-state index is 13.7. The fourth-order valence-corrected chi connectivity index (χ4v) is 5.35. The van der Waals surface area contributed by atoms with Crippen LogP contribution in [0.15, 0.2) is 48.5 Å². The van der Waals surface area contributed by atoms with E-state index >= 15 is 0 Å². The Labute approximate surface area is 186 Å². The van der Waals surface area contributed by atoms with Gasteiger partial charge in [0.05, 0.1) is 19.3 Å². The van der Waals surface area contributed by atoms with Crippen LogP contribution in [0.4, 0.5) is 0 Å². The van der Waals surface area contributed by atoms with E-state index in [1.165, 1.54) is 0 Å². The van der Waals surface area contributed by atoms with E-state index in [9.17, 15) is 14.7 Å². The minimum Gasteiger partial charge on any atom is -0.496 e. The lowest BCUT2D eigenvalue weighted by atomic mass is 9.76. The van der Waals surface area contributed by atoms with Gasteiger partial charge in [0.25, 0.3) is 5.91 Å². The van der Waals surface area contributed by atoms with Crippen molar-refractivity contribution in [3.05, 3.63) is 65.4 Å². The number of H-pyrrole nitrogens is 1. The fraction of sp³-hybridized carbons (Fsp3) is 0.360. The standard InChI is InChI=1S/C25H27N3O4/c1-25-23-22(17-9-3-5-10-19(17)26-23)18(16-8-4-6-11-20(16)32-2)14-28(25)21(30)15-27(24(25)31)12-7-13-29/h3-6,8-11,18,26,29H,7,12-15H2,1-2H3. The summed E-state index contributed by atoms with van der Waals surface area (Å²) in [6.07, 6.45) is 0.443. The van der Waals surface area contributed by atoms with Crippen LogP contribution < -0.4 is 4.74 Å². The van der Waals surface area contributed by atoms with Gasteiger partial charge in [-0.1, -0.05) is 36.4 Å². The largest absolute Gasteiger partial charge is 0.496 e. The third-order valence-corrected chi connectivity index (χ3v) is 6.92. The van der Waals surface area contributed by atoms with Gasteiger partial charge in [-0.05, 0) is 31.0 Å². The van der Waals surface area contributed by atoms with Crippen LogP contribution in [0.2, 0.25) is 0 Å². The van der Waals surface area contributed by atoms with E-state index in [0.29, 0.717) is 19.5 Å². The number of aliphatic hydroxyl groups is 1. The zero-order valence-electron chi connectivity index (χ0n) is 18.3. The van der Waals surface area contributed by atoms with Gasteiger partial charge < -0.3 is 24.6 Å². The maximum Gasteiger partial charge on any atom is 0.254 e. The number of aromatic nitrogens is 1. The van der Waals surface area contributed by atoms with E-state index in [1.807, 2.05) is 49.4 Å². The van der Waals surface area contributed by atoms with E-state index in [4.69, 9.17) is 4.74 Å². The van der Waals surface area contributed by atoms with E-state index in [0.717, 1.165) is 33.5 Å². The van der Waals surface area contributed by atoms with Crippen molar-refractivity contribution in [1.29, 1.82) is 0 Å². The van der Waals surface area contributed by atoms with E-state index < -0.39 is 5.54 Å². The Kier molecular flexibility index (Phi) is 4.93. The first-order chi connectivity index (χ1) is 15.5. The number of aliphatic hydroxyl groups excluding tert-OH is 1. The summed E-state index contributed by atoms with van der Waals surface area (Å²) in [6.45, 7) is 2.60. The molecule has 5 rings (SSSR count). The van der Waals surface area contributed by atoms with Crippen molar-refractivity contribution in [3.8, 4) is 5.75 Å². The van der Waals surface area contributed by atoms with E-state index in [1.54, 1.807) is 16.9 Å². The van der Waals surface area contributed by atoms with Crippen LogP contribution in [-0.4, -0.2) is 65.1 Å². The highest BCUT2D eigenvalue weighted by molar-refractivity contribution is 6.01. The van der Waals surface area contributed by atoms with Crippen LogP contribution in [0, 0.1) is 0 Å². The molecule has 32 heavy (non-hydrogen) atoms. The molecule has 2 aliphatic heterocycles. The number of amides is 2. The molecule has 0 aliphatic carbocycles. The van der Waals surface area contributed by atoms with Crippen molar-refractivity contribution >= 4 is 22.7 Å². The number of hydrogen-bond donors (Lipinski definition) is 2. The van der Waals surface area contributed by atoms with Crippen LogP contribution >= 0.6 is 0 Å². The summed E-state index contributed by atoms with van der Waals surface area (Å²) in [7, 11) is 1.65. The van der Waals surface area contributed by atoms with Crippen LogP contribution in [0.3, 0.4) is 0 Å². The Hall–Kier alpha value is -3.32. The molecule has 2 aliphatic rings. The van der Waals surface area contributed by atoms with Gasteiger partial charge in [-0.3, -0.25) is 9.59 Å². The van der Waals surface area contributed by atoms with Gasteiger partial charge in [0.2, 0.25) is 5.91 Å². The number of ether oxygens (including phenoxy) is 1. The van der Waals surface area contributed by atoms with Gasteiger partial charge in [-0.15, -0.1) is 0 Å². The minimum atomic E-state index is -1.13. The Morgan fingerprint density at radius 2 is 1.91 bits per heavy atom. The summed E-state index contributed by atoms with van der Waals surface area (Å²) in [5.41, 5.74) is 2.60. The number of rotatable bonds is 5. The first-order valence-corrected chi connectivity index (χ1v) is 11.0. The Balaban J connectivity index is 1.74. The first-order valence-electron chi connectivity index (χ1n) is 11.0. The number of nitrogens with one attached hydrogen (secondary N) is 1. The lowest BCUT2D eigenvalue weighted by Gasteiger charge is -2.51. The molecule has 7 heteroatoms. The number of carbonyl (C=O) groups excluding carboxylic acids is 2. The normalized spacial score (nSPS) is 22.8. The molecule has 0 bridgehead atoms. The SMILES string of the molecule is COc1ccccc1C1CN2C(=O)CN(CCCO)C(=O)C2(C)c2[nH]c3ccccc3c21. The molecule has 3 heterocycles. The predicted octanol–water partition coefficient (Wildman–Crippen LogP) is 2.59. The number of para-hydroxylation sites is 2. The monoisotopic (exact) mass is 433 g/mol. The van der Waals surface area contributed by atoms with Crippen molar-refractivity contribution in [3.63, 3.8) is 0 Å². The summed E-state index contributed by atoms with van der Waals surface area (Å²) < 4.78 is 5.66. The van der Waals surface area contributed by atoms with E-state index in [2.05, 4.69) is 11.1 Å². The van der Waals surface area contributed by atoms with Gasteiger partial charge in [0.1, 0.15) is 5.75 Å². The van der Waals surface area contributed by atoms with Crippen molar-refractivity contribution in [2.75, 3.05) is 33.4 Å². The molecule has 0 radical (unpaired) electrons. The highest BCUT2D eigenvalue weighted by Crippen LogP contribution is 2.49. The fourth-order valence-electron chi connectivity index (χ4n) is 5.35. The maximum absolute atomic E-state index is 13.7. The molecule has 0 spiro atoms. The molecule has 3 aromatic rings. The summed E-state index contributed by atoms with van der Waals surface area (Å²) in [6, 6.07) is 15.9. The van der Waals surface area contributed by atoms with Gasteiger partial charge in [-0.25, -0.2) is 0 Å². The van der Waals surface area contributed by atoms with Gasteiger partial charge in [0.15, 0.2) is 5.54 Å². The van der Waals surface area contributed by atoms with Gasteiger partial charge in [0, 0.05) is 42.1 Å². The van der Waals surface area contributed by atoms with Crippen molar-refractivity contribution in [2.45, 2.75) is 24.8 Å². The number of aromatic amines is 1. The second kappa shape index (κ2) is 7.67. The van der Waals surface area contributed by atoms with Crippen molar-refractivity contribution < 1.29 is 19.4 Å². The molecule has 2 unspecified atom stereocenters. The molecule has 2 atom stereocenters. The van der Waals surface area contributed by atoms with Crippen LogP contribution in [0.25, 0.3) is 10.9 Å². The average Bonchev–Trinajstić information content (AvgIpc) is 3.21. The molecular formula is C25H27N3O4. The molecular weight excluding hydrogens is 406 g/mol. The number of hydrogen-bond acceptors (Lipinski definition) is 4.